The lowest BCUT2D eigenvalue weighted by Crippen LogP contribution is -2.16. The number of anilines is 1. The van der Waals surface area contributed by atoms with Crippen molar-refractivity contribution in [2.75, 3.05) is 11.1 Å². The molecule has 1 aromatic heterocycles. The lowest BCUT2D eigenvalue weighted by Gasteiger charge is -2.13. The second-order valence-corrected chi connectivity index (χ2v) is 8.91. The van der Waals surface area contributed by atoms with Crippen molar-refractivity contribution in [2.45, 2.75) is 32.5 Å². The maximum atomic E-state index is 14.3. The SMILES string of the molecule is Cc1ccc(Cl)c(NC(=O)CSc2nnc(-c3ccccc3F)n2CC(C)C)c1Cl. The van der Waals surface area contributed by atoms with Gasteiger partial charge in [-0.25, -0.2) is 4.39 Å². The summed E-state index contributed by atoms with van der Waals surface area (Å²) in [5.74, 6) is 0.154. The first-order valence-electron chi connectivity index (χ1n) is 9.33. The highest BCUT2D eigenvalue weighted by atomic mass is 35.5. The molecule has 5 nitrogen and oxygen atoms in total. The van der Waals surface area contributed by atoms with Crippen LogP contribution in [0.2, 0.25) is 10.0 Å². The number of aromatic nitrogens is 3. The predicted molar refractivity (Wildman–Crippen MR) is 121 cm³/mol. The van der Waals surface area contributed by atoms with Gasteiger partial charge in [-0.2, -0.15) is 0 Å². The van der Waals surface area contributed by atoms with Crippen LogP contribution >= 0.6 is 35.0 Å². The zero-order chi connectivity index (χ0) is 21.8. The molecule has 30 heavy (non-hydrogen) atoms. The Morgan fingerprint density at radius 3 is 2.63 bits per heavy atom. The number of thioether (sulfide) groups is 1. The second-order valence-electron chi connectivity index (χ2n) is 7.18. The number of hydrogen-bond acceptors (Lipinski definition) is 4. The van der Waals surface area contributed by atoms with Gasteiger partial charge in [-0.3, -0.25) is 4.79 Å². The number of benzene rings is 2. The summed E-state index contributed by atoms with van der Waals surface area (Å²) < 4.78 is 16.1. The van der Waals surface area contributed by atoms with Gasteiger partial charge in [0.25, 0.3) is 0 Å². The van der Waals surface area contributed by atoms with Crippen LogP contribution in [-0.2, 0) is 11.3 Å². The van der Waals surface area contributed by atoms with Crippen LogP contribution in [0.3, 0.4) is 0 Å². The molecular formula is C21H21Cl2FN4OS. The quantitative estimate of drug-likeness (QED) is 0.428. The summed E-state index contributed by atoms with van der Waals surface area (Å²) in [6, 6.07) is 9.91. The first-order chi connectivity index (χ1) is 14.3. The van der Waals surface area contributed by atoms with E-state index in [-0.39, 0.29) is 23.4 Å². The molecule has 1 heterocycles. The molecule has 0 aliphatic carbocycles. The van der Waals surface area contributed by atoms with Crippen LogP contribution in [0, 0.1) is 18.7 Å². The molecule has 1 N–H and O–H groups in total. The standard InChI is InChI=1S/C21H21Cl2FN4OS/c1-12(2)10-28-20(14-6-4-5-7-16(14)24)26-27-21(28)30-11-17(29)25-19-15(22)9-8-13(3)18(19)23/h4-9,12H,10-11H2,1-3H3,(H,25,29). The van der Waals surface area contributed by atoms with Crippen LogP contribution in [0.5, 0.6) is 0 Å². The Labute approximate surface area is 189 Å². The van der Waals surface area contributed by atoms with E-state index < -0.39 is 0 Å². The Kier molecular flexibility index (Phi) is 7.39. The number of nitrogens with zero attached hydrogens (tertiary/aromatic N) is 3. The number of carbonyl (C=O) groups is 1. The van der Waals surface area contributed by atoms with Gasteiger partial charge in [0.2, 0.25) is 5.91 Å². The summed E-state index contributed by atoms with van der Waals surface area (Å²) in [6.07, 6.45) is 0. The molecule has 0 saturated carbocycles. The zero-order valence-corrected chi connectivity index (χ0v) is 19.1. The van der Waals surface area contributed by atoms with E-state index in [1.165, 1.54) is 17.8 Å². The van der Waals surface area contributed by atoms with Gasteiger partial charge in [-0.05, 0) is 36.6 Å². The summed E-state index contributed by atoms with van der Waals surface area (Å²) in [4.78, 5) is 12.5. The average molecular weight is 467 g/mol. The summed E-state index contributed by atoms with van der Waals surface area (Å²) in [5, 5.41) is 12.4. The third kappa shape index (κ3) is 5.14. The molecular weight excluding hydrogens is 446 g/mol. The average Bonchev–Trinajstić information content (AvgIpc) is 3.08. The van der Waals surface area contributed by atoms with E-state index in [2.05, 4.69) is 15.5 Å². The number of carbonyl (C=O) groups excluding carboxylic acids is 1. The highest BCUT2D eigenvalue weighted by molar-refractivity contribution is 7.99. The fraction of sp³-hybridized carbons (Fsp3) is 0.286. The molecule has 9 heteroatoms. The number of amides is 1. The maximum absolute atomic E-state index is 14.3. The number of aryl methyl sites for hydroxylation is 1. The van der Waals surface area contributed by atoms with Crippen molar-refractivity contribution in [1.29, 1.82) is 0 Å². The van der Waals surface area contributed by atoms with Crippen molar-refractivity contribution in [3.63, 3.8) is 0 Å². The van der Waals surface area contributed by atoms with Crippen LogP contribution in [0.25, 0.3) is 11.4 Å². The largest absolute Gasteiger partial charge is 0.323 e. The van der Waals surface area contributed by atoms with Crippen molar-refractivity contribution in [3.8, 4) is 11.4 Å². The number of halogens is 3. The Balaban J connectivity index is 1.79. The van der Waals surface area contributed by atoms with E-state index in [4.69, 9.17) is 23.2 Å². The number of nitrogens with one attached hydrogen (secondary N) is 1. The molecule has 1 amide bonds. The van der Waals surface area contributed by atoms with Crippen LogP contribution in [0.1, 0.15) is 19.4 Å². The van der Waals surface area contributed by atoms with Gasteiger partial charge in [-0.1, -0.05) is 67.0 Å². The smallest absolute Gasteiger partial charge is 0.234 e. The minimum atomic E-state index is -0.368. The van der Waals surface area contributed by atoms with Crippen LogP contribution in [0.15, 0.2) is 41.6 Å². The molecule has 0 aliphatic rings. The molecule has 0 aliphatic heterocycles. The molecule has 0 unspecified atom stereocenters. The van der Waals surface area contributed by atoms with Crippen molar-refractivity contribution in [3.05, 3.63) is 57.8 Å². The van der Waals surface area contributed by atoms with Gasteiger partial charge in [0.1, 0.15) is 5.82 Å². The van der Waals surface area contributed by atoms with Crippen molar-refractivity contribution in [2.24, 2.45) is 5.92 Å². The van der Waals surface area contributed by atoms with Gasteiger partial charge in [0.15, 0.2) is 11.0 Å². The highest BCUT2D eigenvalue weighted by Gasteiger charge is 2.19. The molecule has 3 aromatic rings. The van der Waals surface area contributed by atoms with Crippen molar-refractivity contribution >= 4 is 46.6 Å². The topological polar surface area (TPSA) is 59.8 Å². The fourth-order valence-electron chi connectivity index (χ4n) is 2.84. The summed E-state index contributed by atoms with van der Waals surface area (Å²) in [6.45, 7) is 6.53. The normalized spacial score (nSPS) is 11.2. The first kappa shape index (κ1) is 22.6. The number of hydrogen-bond donors (Lipinski definition) is 1. The Hall–Kier alpha value is -2.09. The minimum Gasteiger partial charge on any atom is -0.323 e. The van der Waals surface area contributed by atoms with E-state index in [9.17, 15) is 9.18 Å². The highest BCUT2D eigenvalue weighted by Crippen LogP contribution is 2.33. The van der Waals surface area contributed by atoms with Crippen LogP contribution in [-0.4, -0.2) is 26.4 Å². The third-order valence-corrected chi connectivity index (χ3v) is 6.03. The van der Waals surface area contributed by atoms with Gasteiger partial charge in [0, 0.05) is 6.54 Å². The lowest BCUT2D eigenvalue weighted by atomic mass is 10.2. The van der Waals surface area contributed by atoms with Gasteiger partial charge < -0.3 is 9.88 Å². The van der Waals surface area contributed by atoms with E-state index in [1.54, 1.807) is 30.3 Å². The molecule has 158 valence electrons. The van der Waals surface area contributed by atoms with Crippen LogP contribution < -0.4 is 5.32 Å². The molecule has 2 aromatic carbocycles. The Morgan fingerprint density at radius 2 is 1.93 bits per heavy atom. The van der Waals surface area contributed by atoms with Gasteiger partial charge in [-0.15, -0.1) is 10.2 Å². The van der Waals surface area contributed by atoms with Gasteiger partial charge in [0.05, 0.1) is 27.0 Å². The summed E-state index contributed by atoms with van der Waals surface area (Å²) >= 11 is 13.6. The molecule has 0 bridgehead atoms. The van der Waals surface area contributed by atoms with E-state index in [0.717, 1.165) is 5.56 Å². The number of rotatable bonds is 7. The first-order valence-corrected chi connectivity index (χ1v) is 11.1. The van der Waals surface area contributed by atoms with Gasteiger partial charge >= 0.3 is 0 Å². The zero-order valence-electron chi connectivity index (χ0n) is 16.7. The molecule has 0 saturated heterocycles. The van der Waals surface area contributed by atoms with E-state index in [1.807, 2.05) is 25.3 Å². The third-order valence-electron chi connectivity index (χ3n) is 4.26. The monoisotopic (exact) mass is 466 g/mol. The molecule has 0 radical (unpaired) electrons. The second kappa shape index (κ2) is 9.81. The summed E-state index contributed by atoms with van der Waals surface area (Å²) in [5.41, 5.74) is 1.58. The maximum Gasteiger partial charge on any atom is 0.234 e. The van der Waals surface area contributed by atoms with E-state index >= 15 is 0 Å². The van der Waals surface area contributed by atoms with Crippen LogP contribution in [0.4, 0.5) is 10.1 Å². The van der Waals surface area contributed by atoms with Crippen molar-refractivity contribution in [1.82, 2.24) is 14.8 Å². The minimum absolute atomic E-state index is 0.0775. The molecule has 0 atom stereocenters. The molecule has 0 fully saturated rings. The van der Waals surface area contributed by atoms with E-state index in [0.29, 0.717) is 38.8 Å². The lowest BCUT2D eigenvalue weighted by molar-refractivity contribution is -0.113. The Bertz CT molecular complexity index is 1070. The Morgan fingerprint density at radius 1 is 1.20 bits per heavy atom. The fourth-order valence-corrected chi connectivity index (χ4v) is 4.06. The predicted octanol–water partition coefficient (Wildman–Crippen LogP) is 6.09. The molecule has 3 rings (SSSR count). The summed E-state index contributed by atoms with van der Waals surface area (Å²) in [7, 11) is 0. The molecule has 0 spiro atoms. The van der Waals surface area contributed by atoms with Crippen molar-refractivity contribution < 1.29 is 9.18 Å².